The molecule has 4 nitrogen and oxygen atoms in total. The molecular weight excluding hydrogens is 633 g/mol. The van der Waals surface area contributed by atoms with Crippen molar-refractivity contribution in [3.63, 3.8) is 0 Å². The zero-order valence-corrected chi connectivity index (χ0v) is 28.1. The van der Waals surface area contributed by atoms with Gasteiger partial charge >= 0.3 is 0 Å². The summed E-state index contributed by atoms with van der Waals surface area (Å²) < 4.78 is 4.82. The van der Waals surface area contributed by atoms with Crippen LogP contribution in [0.15, 0.2) is 182 Å². The maximum atomic E-state index is 5.18. The molecule has 0 bridgehead atoms. The van der Waals surface area contributed by atoms with Crippen molar-refractivity contribution in [1.29, 1.82) is 0 Å². The van der Waals surface area contributed by atoms with Gasteiger partial charge in [0.2, 0.25) is 0 Å². The van der Waals surface area contributed by atoms with Crippen molar-refractivity contribution in [2.75, 3.05) is 0 Å². The van der Waals surface area contributed by atoms with Gasteiger partial charge in [-0.1, -0.05) is 127 Å². The molecule has 0 atom stereocenters. The lowest BCUT2D eigenvalue weighted by molar-refractivity contribution is 1.17. The van der Waals surface area contributed by atoms with Gasteiger partial charge in [0, 0.05) is 49.4 Å². The second-order valence-corrected chi connectivity index (χ2v) is 13.5. The number of para-hydroxylation sites is 2. The molecule has 0 saturated heterocycles. The van der Waals surface area contributed by atoms with Crippen LogP contribution >= 0.6 is 0 Å². The number of rotatable bonds is 4. The van der Waals surface area contributed by atoms with E-state index in [1.54, 1.807) is 0 Å². The summed E-state index contributed by atoms with van der Waals surface area (Å²) >= 11 is 0. The highest BCUT2D eigenvalue weighted by Crippen LogP contribution is 2.40. The van der Waals surface area contributed by atoms with Crippen molar-refractivity contribution in [2.24, 2.45) is 0 Å². The predicted molar refractivity (Wildman–Crippen MR) is 217 cm³/mol. The van der Waals surface area contributed by atoms with Crippen LogP contribution in [0, 0.1) is 0 Å². The van der Waals surface area contributed by atoms with Gasteiger partial charge in [0.05, 0.1) is 33.3 Å². The average Bonchev–Trinajstić information content (AvgIpc) is 3.71. The maximum absolute atomic E-state index is 5.18. The van der Waals surface area contributed by atoms with Crippen molar-refractivity contribution < 1.29 is 0 Å². The normalized spacial score (nSPS) is 11.8. The van der Waals surface area contributed by atoms with Gasteiger partial charge in [0.15, 0.2) is 5.82 Å². The lowest BCUT2D eigenvalue weighted by Gasteiger charge is -2.13. The minimum Gasteiger partial charge on any atom is -0.309 e. The molecule has 0 saturated carbocycles. The number of fused-ring (bicyclic) bond motifs is 8. The Balaban J connectivity index is 1.19. The molecule has 0 aliphatic carbocycles. The van der Waals surface area contributed by atoms with E-state index in [0.717, 1.165) is 56.0 Å². The van der Waals surface area contributed by atoms with Gasteiger partial charge in [0.25, 0.3) is 0 Å². The third-order valence-corrected chi connectivity index (χ3v) is 10.5. The lowest BCUT2D eigenvalue weighted by atomic mass is 10.0. The van der Waals surface area contributed by atoms with Gasteiger partial charge in [-0.3, -0.25) is 0 Å². The third-order valence-electron chi connectivity index (χ3n) is 10.5. The number of hydrogen-bond acceptors (Lipinski definition) is 2. The number of nitrogens with zero attached hydrogens (tertiary/aromatic N) is 4. The fourth-order valence-corrected chi connectivity index (χ4v) is 8.09. The van der Waals surface area contributed by atoms with Crippen LogP contribution in [0.1, 0.15) is 0 Å². The van der Waals surface area contributed by atoms with E-state index >= 15 is 0 Å². The van der Waals surface area contributed by atoms with E-state index in [1.807, 2.05) is 24.3 Å². The molecular formula is C48H30N4. The molecule has 0 aliphatic heterocycles. The summed E-state index contributed by atoms with van der Waals surface area (Å²) in [7, 11) is 0. The van der Waals surface area contributed by atoms with E-state index in [9.17, 15) is 0 Å². The second-order valence-electron chi connectivity index (χ2n) is 13.5. The molecule has 11 aromatic rings. The Morgan fingerprint density at radius 2 is 0.865 bits per heavy atom. The predicted octanol–water partition coefficient (Wildman–Crippen LogP) is 12.3. The monoisotopic (exact) mass is 662 g/mol. The van der Waals surface area contributed by atoms with Crippen LogP contribution in [0.2, 0.25) is 0 Å². The van der Waals surface area contributed by atoms with Gasteiger partial charge in [-0.05, 0) is 65.4 Å². The first-order chi connectivity index (χ1) is 25.8. The largest absolute Gasteiger partial charge is 0.309 e. The van der Waals surface area contributed by atoms with Gasteiger partial charge < -0.3 is 9.13 Å². The Morgan fingerprint density at radius 1 is 0.327 bits per heavy atom. The van der Waals surface area contributed by atoms with Crippen molar-refractivity contribution in [2.45, 2.75) is 0 Å². The average molecular weight is 663 g/mol. The zero-order chi connectivity index (χ0) is 34.2. The molecule has 0 spiro atoms. The highest BCUT2D eigenvalue weighted by Gasteiger charge is 2.20. The molecule has 3 heterocycles. The Kier molecular flexibility index (Phi) is 6.22. The van der Waals surface area contributed by atoms with E-state index in [-0.39, 0.29) is 0 Å². The number of hydrogen-bond donors (Lipinski definition) is 0. The van der Waals surface area contributed by atoms with Crippen LogP contribution < -0.4 is 0 Å². The minimum atomic E-state index is 0.717. The molecule has 0 amide bonds. The topological polar surface area (TPSA) is 35.6 Å². The highest BCUT2D eigenvalue weighted by atomic mass is 15.0. The SMILES string of the molecule is c1ccc(-c2nc(-c3ccccc3)c3ccc(-n4c5ccccc5c5cc6c(cc54)c4ccccc4n6-c4ccc5ccccc5c4)cc3n2)cc1. The summed E-state index contributed by atoms with van der Waals surface area (Å²) in [5.41, 5.74) is 10.8. The fraction of sp³-hybridized carbons (Fsp3) is 0. The number of aromatic nitrogens is 4. The standard InChI is InChI=1S/C48H30N4/c1-3-14-32(15-4-1)47-39-26-25-36(28-42(39)49-48(50-47)33-16-5-2-6-17-33)52-44-22-12-10-20-38(44)41-29-45-40(30-46(41)52)37-19-9-11-21-43(37)51(45)35-24-23-31-13-7-8-18-34(31)27-35/h1-30H. The number of benzene rings is 8. The van der Waals surface area contributed by atoms with E-state index in [1.165, 1.54) is 43.4 Å². The molecule has 4 heteroatoms. The Morgan fingerprint density at radius 3 is 1.54 bits per heavy atom. The van der Waals surface area contributed by atoms with Crippen LogP contribution in [0.4, 0.5) is 0 Å². The maximum Gasteiger partial charge on any atom is 0.160 e. The molecule has 11 rings (SSSR count). The molecule has 0 radical (unpaired) electrons. The molecule has 3 aromatic heterocycles. The summed E-state index contributed by atoms with van der Waals surface area (Å²) in [4.78, 5) is 10.3. The van der Waals surface area contributed by atoms with Gasteiger partial charge in [-0.15, -0.1) is 0 Å². The molecule has 0 unspecified atom stereocenters. The zero-order valence-electron chi connectivity index (χ0n) is 28.1. The lowest BCUT2D eigenvalue weighted by Crippen LogP contribution is -1.98. The molecule has 0 N–H and O–H groups in total. The van der Waals surface area contributed by atoms with E-state index < -0.39 is 0 Å². The van der Waals surface area contributed by atoms with E-state index in [0.29, 0.717) is 0 Å². The molecule has 0 fully saturated rings. The summed E-state index contributed by atoms with van der Waals surface area (Å²) in [6.45, 7) is 0. The smallest absolute Gasteiger partial charge is 0.160 e. The van der Waals surface area contributed by atoms with Crippen LogP contribution in [-0.4, -0.2) is 19.1 Å². The molecule has 0 aliphatic rings. The van der Waals surface area contributed by atoms with Crippen molar-refractivity contribution in [3.8, 4) is 34.0 Å². The van der Waals surface area contributed by atoms with Crippen molar-refractivity contribution in [1.82, 2.24) is 19.1 Å². The van der Waals surface area contributed by atoms with Crippen LogP contribution in [0.3, 0.4) is 0 Å². The molecule has 52 heavy (non-hydrogen) atoms. The third kappa shape index (κ3) is 4.34. The van der Waals surface area contributed by atoms with E-state index in [2.05, 4.69) is 167 Å². The Bertz CT molecular complexity index is 3170. The highest BCUT2D eigenvalue weighted by molar-refractivity contribution is 6.19. The van der Waals surface area contributed by atoms with Crippen LogP contribution in [0.5, 0.6) is 0 Å². The quantitative estimate of drug-likeness (QED) is 0.188. The van der Waals surface area contributed by atoms with Crippen LogP contribution in [0.25, 0.3) is 99.3 Å². The summed E-state index contributed by atoms with van der Waals surface area (Å²) in [5.74, 6) is 0.717. The first-order valence-electron chi connectivity index (χ1n) is 17.7. The van der Waals surface area contributed by atoms with Crippen LogP contribution in [-0.2, 0) is 0 Å². The first-order valence-corrected chi connectivity index (χ1v) is 17.7. The minimum absolute atomic E-state index is 0.717. The summed E-state index contributed by atoms with van der Waals surface area (Å²) in [5, 5.41) is 8.38. The van der Waals surface area contributed by atoms with Crippen molar-refractivity contribution >= 4 is 65.3 Å². The second kappa shape index (κ2) is 11.2. The summed E-state index contributed by atoms with van der Waals surface area (Å²) in [6.07, 6.45) is 0. The summed E-state index contributed by atoms with van der Waals surface area (Å²) in [6, 6.07) is 64.9. The van der Waals surface area contributed by atoms with Gasteiger partial charge in [0.1, 0.15) is 0 Å². The Labute approximate surface area is 299 Å². The van der Waals surface area contributed by atoms with Crippen molar-refractivity contribution in [3.05, 3.63) is 182 Å². The van der Waals surface area contributed by atoms with Gasteiger partial charge in [-0.25, -0.2) is 9.97 Å². The molecule has 242 valence electrons. The fourth-order valence-electron chi connectivity index (χ4n) is 8.09. The van der Waals surface area contributed by atoms with Gasteiger partial charge in [-0.2, -0.15) is 0 Å². The van der Waals surface area contributed by atoms with E-state index in [4.69, 9.17) is 9.97 Å². The first kappa shape index (κ1) is 28.8. The Hall–Kier alpha value is -7.04. The molecule has 8 aromatic carbocycles.